The van der Waals surface area contributed by atoms with Gasteiger partial charge in [0.2, 0.25) is 0 Å². The molecule has 2 heterocycles. The zero-order valence-electron chi connectivity index (χ0n) is 14.2. The summed E-state index contributed by atoms with van der Waals surface area (Å²) < 4.78 is 0. The Morgan fingerprint density at radius 1 is 1.04 bits per heavy atom. The molecule has 3 aromatic rings. The van der Waals surface area contributed by atoms with Crippen LogP contribution in [-0.4, -0.2) is 15.9 Å². The van der Waals surface area contributed by atoms with Crippen LogP contribution in [0.2, 0.25) is 0 Å². The average Bonchev–Trinajstić information content (AvgIpc) is 2.67. The topological polar surface area (TPSA) is 62.2 Å². The van der Waals surface area contributed by atoms with Crippen LogP contribution in [0, 0.1) is 0 Å². The normalized spacial score (nSPS) is 19.1. The van der Waals surface area contributed by atoms with Crippen LogP contribution in [0.5, 0.6) is 5.75 Å². The first kappa shape index (κ1) is 15.1. The van der Waals surface area contributed by atoms with Crippen molar-refractivity contribution in [2.75, 3.05) is 5.32 Å². The molecule has 26 heavy (non-hydrogen) atoms. The number of aromatic nitrogens is 1. The number of phenolic OH excluding ortho intramolecular Hbond substituents is 1. The van der Waals surface area contributed by atoms with Crippen molar-refractivity contribution in [3.63, 3.8) is 0 Å². The Balaban J connectivity index is 1.83. The fourth-order valence-corrected chi connectivity index (χ4v) is 4.23. The van der Waals surface area contributed by atoms with Gasteiger partial charge in [-0.2, -0.15) is 0 Å². The standard InChI is InChI=1S/C22H18N2O2/c25-14-8-6-13(7-9-14)20-21-15-3-2-12-23-16(15)10-11-18(21)24-17-4-1-5-19(26)22(17)20/h2-3,6-12,20,24-25H,1,4-5H2/t20-/m1/s1. The molecule has 0 radical (unpaired) electrons. The van der Waals surface area contributed by atoms with Crippen LogP contribution in [-0.2, 0) is 4.79 Å². The highest BCUT2D eigenvalue weighted by Crippen LogP contribution is 2.47. The Hall–Kier alpha value is -3.14. The summed E-state index contributed by atoms with van der Waals surface area (Å²) in [4.78, 5) is 17.3. The number of aromatic hydroxyl groups is 1. The zero-order valence-corrected chi connectivity index (χ0v) is 14.2. The molecule has 0 bridgehead atoms. The van der Waals surface area contributed by atoms with E-state index in [-0.39, 0.29) is 17.5 Å². The molecule has 2 aromatic carbocycles. The number of carbonyl (C=O) groups excluding carboxylic acids is 1. The smallest absolute Gasteiger partial charge is 0.161 e. The van der Waals surface area contributed by atoms with E-state index in [1.165, 1.54) is 0 Å². The van der Waals surface area contributed by atoms with E-state index in [4.69, 9.17) is 0 Å². The highest BCUT2D eigenvalue weighted by molar-refractivity contribution is 6.03. The van der Waals surface area contributed by atoms with Gasteiger partial charge >= 0.3 is 0 Å². The minimum Gasteiger partial charge on any atom is -0.508 e. The largest absolute Gasteiger partial charge is 0.508 e. The molecule has 0 fully saturated rings. The number of anilines is 1. The van der Waals surface area contributed by atoms with Crippen molar-refractivity contribution < 1.29 is 9.90 Å². The van der Waals surface area contributed by atoms with E-state index in [1.807, 2.05) is 24.3 Å². The van der Waals surface area contributed by atoms with Crippen LogP contribution < -0.4 is 5.32 Å². The second kappa shape index (κ2) is 5.70. The predicted octanol–water partition coefficient (Wildman–Crippen LogP) is 4.50. The third-order valence-electron chi connectivity index (χ3n) is 5.37. The Morgan fingerprint density at radius 3 is 2.73 bits per heavy atom. The number of allylic oxidation sites excluding steroid dienone is 2. The Morgan fingerprint density at radius 2 is 1.88 bits per heavy atom. The lowest BCUT2D eigenvalue weighted by Crippen LogP contribution is -2.27. The molecule has 128 valence electrons. The monoisotopic (exact) mass is 342 g/mol. The fraction of sp³-hybridized carbons (Fsp3) is 0.182. The van der Waals surface area contributed by atoms with Gasteiger partial charge in [0.1, 0.15) is 5.75 Å². The maximum absolute atomic E-state index is 12.9. The first-order valence-electron chi connectivity index (χ1n) is 8.92. The van der Waals surface area contributed by atoms with Gasteiger partial charge in [0.25, 0.3) is 0 Å². The number of hydrogen-bond acceptors (Lipinski definition) is 4. The van der Waals surface area contributed by atoms with Crippen molar-refractivity contribution in [2.24, 2.45) is 0 Å². The molecule has 0 amide bonds. The molecule has 5 rings (SSSR count). The van der Waals surface area contributed by atoms with E-state index >= 15 is 0 Å². The number of carbonyl (C=O) groups is 1. The molecule has 1 atom stereocenters. The van der Waals surface area contributed by atoms with Gasteiger partial charge in [-0.25, -0.2) is 0 Å². The number of fused-ring (bicyclic) bond motifs is 3. The molecule has 1 aliphatic carbocycles. The fourth-order valence-electron chi connectivity index (χ4n) is 4.23. The number of phenols is 1. The number of Topliss-reactive ketones (excluding diaryl/α,β-unsaturated/α-hetero) is 1. The first-order chi connectivity index (χ1) is 12.7. The van der Waals surface area contributed by atoms with Crippen LogP contribution in [0.1, 0.15) is 36.3 Å². The molecule has 2 aliphatic rings. The summed E-state index contributed by atoms with van der Waals surface area (Å²) in [7, 11) is 0. The van der Waals surface area contributed by atoms with Crippen LogP contribution in [0.4, 0.5) is 5.69 Å². The van der Waals surface area contributed by atoms with Gasteiger partial charge in [0.15, 0.2) is 5.78 Å². The maximum Gasteiger partial charge on any atom is 0.161 e. The summed E-state index contributed by atoms with van der Waals surface area (Å²) in [6.45, 7) is 0. The number of ketones is 1. The lowest BCUT2D eigenvalue weighted by atomic mass is 9.74. The summed E-state index contributed by atoms with van der Waals surface area (Å²) in [5.74, 6) is 0.303. The van der Waals surface area contributed by atoms with Gasteiger partial charge in [-0.15, -0.1) is 0 Å². The lowest BCUT2D eigenvalue weighted by molar-refractivity contribution is -0.116. The number of benzene rings is 2. The van der Waals surface area contributed by atoms with Crippen molar-refractivity contribution in [1.82, 2.24) is 4.98 Å². The maximum atomic E-state index is 12.9. The highest BCUT2D eigenvalue weighted by Gasteiger charge is 2.36. The third kappa shape index (κ3) is 2.22. The molecule has 0 unspecified atom stereocenters. The highest BCUT2D eigenvalue weighted by atomic mass is 16.3. The molecule has 0 spiro atoms. The number of hydrogen-bond donors (Lipinski definition) is 2. The molecule has 4 heteroatoms. The minimum absolute atomic E-state index is 0.137. The van der Waals surface area contributed by atoms with Crippen molar-refractivity contribution in [3.8, 4) is 5.75 Å². The van der Waals surface area contributed by atoms with Crippen LogP contribution in [0.25, 0.3) is 10.9 Å². The quantitative estimate of drug-likeness (QED) is 0.683. The van der Waals surface area contributed by atoms with Gasteiger partial charge < -0.3 is 10.4 Å². The van der Waals surface area contributed by atoms with E-state index < -0.39 is 0 Å². The van der Waals surface area contributed by atoms with E-state index in [9.17, 15) is 9.90 Å². The lowest BCUT2D eigenvalue weighted by Gasteiger charge is -2.34. The van der Waals surface area contributed by atoms with Gasteiger partial charge in [-0.3, -0.25) is 9.78 Å². The number of nitrogens with one attached hydrogen (secondary N) is 1. The van der Waals surface area contributed by atoms with Crippen LogP contribution in [0.15, 0.2) is 66.0 Å². The van der Waals surface area contributed by atoms with Gasteiger partial charge in [0.05, 0.1) is 5.52 Å². The summed E-state index contributed by atoms with van der Waals surface area (Å²) in [6, 6.07) is 15.3. The predicted molar refractivity (Wildman–Crippen MR) is 101 cm³/mol. The second-order valence-electron chi connectivity index (χ2n) is 6.92. The molecular weight excluding hydrogens is 324 g/mol. The third-order valence-corrected chi connectivity index (χ3v) is 5.37. The van der Waals surface area contributed by atoms with E-state index in [2.05, 4.69) is 22.4 Å². The number of nitrogens with zero attached hydrogens (tertiary/aromatic N) is 1. The molecule has 0 saturated heterocycles. The molecular formula is C22H18N2O2. The summed E-state index contributed by atoms with van der Waals surface area (Å²) in [5, 5.41) is 14.3. The average molecular weight is 342 g/mol. The summed E-state index contributed by atoms with van der Waals surface area (Å²) in [5.41, 5.74) is 5.97. The number of rotatable bonds is 1. The van der Waals surface area contributed by atoms with Crippen LogP contribution in [0.3, 0.4) is 0 Å². The van der Waals surface area contributed by atoms with E-state index in [0.717, 1.165) is 51.8 Å². The summed E-state index contributed by atoms with van der Waals surface area (Å²) in [6.07, 6.45) is 4.15. The van der Waals surface area contributed by atoms with Crippen molar-refractivity contribution >= 4 is 22.4 Å². The first-order valence-corrected chi connectivity index (χ1v) is 8.92. The van der Waals surface area contributed by atoms with Gasteiger partial charge in [0, 0.05) is 40.9 Å². The summed E-state index contributed by atoms with van der Waals surface area (Å²) >= 11 is 0. The van der Waals surface area contributed by atoms with Crippen LogP contribution >= 0.6 is 0 Å². The van der Waals surface area contributed by atoms with Gasteiger partial charge in [-0.05, 0) is 54.3 Å². The van der Waals surface area contributed by atoms with Crippen molar-refractivity contribution in [1.29, 1.82) is 0 Å². The Bertz CT molecular complexity index is 1070. The zero-order chi connectivity index (χ0) is 17.7. The second-order valence-corrected chi connectivity index (χ2v) is 6.92. The molecule has 1 aliphatic heterocycles. The van der Waals surface area contributed by atoms with Gasteiger partial charge in [-0.1, -0.05) is 18.2 Å². The molecule has 0 saturated carbocycles. The molecule has 2 N–H and O–H groups in total. The Labute approximate surface area is 151 Å². The minimum atomic E-state index is -0.137. The van der Waals surface area contributed by atoms with Crippen molar-refractivity contribution in [3.05, 3.63) is 77.1 Å². The number of pyridine rings is 1. The van der Waals surface area contributed by atoms with E-state index in [1.54, 1.807) is 18.3 Å². The molecule has 4 nitrogen and oxygen atoms in total. The van der Waals surface area contributed by atoms with E-state index in [0.29, 0.717) is 6.42 Å². The molecule has 1 aromatic heterocycles. The van der Waals surface area contributed by atoms with Crippen molar-refractivity contribution in [2.45, 2.75) is 25.2 Å². The SMILES string of the molecule is O=C1CCCC2=C1[C@H](c1ccc(O)cc1)c1c(ccc3ncccc13)N2. The Kier molecular flexibility index (Phi) is 3.32.